The predicted molar refractivity (Wildman–Crippen MR) is 124 cm³/mol. The number of carbonyl (C=O) groups is 4. The molecular weight excluding hydrogens is 430 g/mol. The Morgan fingerprint density at radius 2 is 1.50 bits per heavy atom. The van der Waals surface area contributed by atoms with E-state index < -0.39 is 12.1 Å². The van der Waals surface area contributed by atoms with Crippen molar-refractivity contribution in [3.05, 3.63) is 77.4 Å². The molecular formula is C28H25NO5. The van der Waals surface area contributed by atoms with E-state index in [0.717, 1.165) is 12.0 Å². The van der Waals surface area contributed by atoms with Crippen molar-refractivity contribution in [1.29, 1.82) is 0 Å². The van der Waals surface area contributed by atoms with Crippen molar-refractivity contribution >= 4 is 29.3 Å². The number of esters is 1. The van der Waals surface area contributed by atoms with Crippen LogP contribution in [0.1, 0.15) is 39.6 Å². The Morgan fingerprint density at radius 3 is 2.12 bits per heavy atom. The van der Waals surface area contributed by atoms with E-state index >= 15 is 0 Å². The first-order valence-corrected chi connectivity index (χ1v) is 11.8. The second-order valence-electron chi connectivity index (χ2n) is 9.96. The number of anilines is 1. The Balaban J connectivity index is 1.26. The minimum Gasteiger partial charge on any atom is -0.451 e. The molecule has 34 heavy (non-hydrogen) atoms. The van der Waals surface area contributed by atoms with E-state index in [2.05, 4.69) is 12.2 Å². The van der Waals surface area contributed by atoms with Crippen molar-refractivity contribution in [2.45, 2.75) is 26.4 Å². The number of carbonyl (C=O) groups excluding carboxylic acids is 4. The van der Waals surface area contributed by atoms with Gasteiger partial charge < -0.3 is 4.74 Å². The van der Waals surface area contributed by atoms with Gasteiger partial charge in [-0.2, -0.15) is 0 Å². The maximum absolute atomic E-state index is 13.5. The SMILES string of the molecule is Cc1ccc(C(=O)[C@@H](C)OC(=O)c2ccccc2N2C(=O)[C@@H]3[C@@H]4C=C[C@H]([C@H]5C[C@H]45)[C@@H]3C2=O)cc1. The molecule has 6 heteroatoms. The number of hydrogen-bond acceptors (Lipinski definition) is 5. The molecule has 0 N–H and O–H groups in total. The Labute approximate surface area is 197 Å². The summed E-state index contributed by atoms with van der Waals surface area (Å²) in [5.74, 6) is -0.999. The molecule has 3 fully saturated rings. The van der Waals surface area contributed by atoms with Crippen molar-refractivity contribution in [2.24, 2.45) is 35.5 Å². The van der Waals surface area contributed by atoms with Crippen LogP contribution in [-0.4, -0.2) is 29.7 Å². The average molecular weight is 456 g/mol. The monoisotopic (exact) mass is 455 g/mol. The van der Waals surface area contributed by atoms with Crippen LogP contribution in [0.2, 0.25) is 0 Å². The van der Waals surface area contributed by atoms with Crippen LogP contribution >= 0.6 is 0 Å². The highest BCUT2D eigenvalue weighted by Crippen LogP contribution is 2.65. The van der Waals surface area contributed by atoms with E-state index in [1.165, 1.54) is 17.9 Å². The fourth-order valence-corrected chi connectivity index (χ4v) is 6.27. The number of para-hydroxylation sites is 1. The molecule has 0 spiro atoms. The number of aryl methyl sites for hydroxylation is 1. The lowest BCUT2D eigenvalue weighted by atomic mass is 9.63. The molecule has 1 aliphatic heterocycles. The highest BCUT2D eigenvalue weighted by molar-refractivity contribution is 6.24. The summed E-state index contributed by atoms with van der Waals surface area (Å²) in [6.07, 6.45) is 4.31. The number of imide groups is 1. The molecule has 2 bridgehead atoms. The van der Waals surface area contributed by atoms with Gasteiger partial charge in [0.1, 0.15) is 0 Å². The van der Waals surface area contributed by atoms with E-state index in [9.17, 15) is 19.2 Å². The molecule has 2 aromatic rings. The molecule has 0 radical (unpaired) electrons. The highest BCUT2D eigenvalue weighted by Gasteiger charge is 2.67. The molecule has 7 atom stereocenters. The first-order chi connectivity index (χ1) is 16.4. The lowest BCUT2D eigenvalue weighted by Gasteiger charge is -2.37. The zero-order valence-electron chi connectivity index (χ0n) is 19.0. The zero-order chi connectivity index (χ0) is 23.7. The van der Waals surface area contributed by atoms with Crippen LogP contribution in [0.3, 0.4) is 0 Å². The molecule has 1 heterocycles. The van der Waals surface area contributed by atoms with Crippen LogP contribution in [0.15, 0.2) is 60.7 Å². The van der Waals surface area contributed by atoms with Gasteiger partial charge in [0.05, 0.1) is 23.1 Å². The Morgan fingerprint density at radius 1 is 0.912 bits per heavy atom. The third-order valence-corrected chi connectivity index (χ3v) is 8.02. The zero-order valence-corrected chi connectivity index (χ0v) is 19.0. The van der Waals surface area contributed by atoms with Crippen LogP contribution in [-0.2, 0) is 14.3 Å². The number of allylic oxidation sites excluding steroid dienone is 2. The minimum atomic E-state index is -1.01. The third kappa shape index (κ3) is 3.01. The lowest BCUT2D eigenvalue weighted by Crippen LogP contribution is -2.40. The number of Topliss-reactive ketones (excluding diaryl/α,β-unsaturated/α-hetero) is 1. The topological polar surface area (TPSA) is 80.8 Å². The van der Waals surface area contributed by atoms with E-state index in [-0.39, 0.29) is 52.5 Å². The summed E-state index contributed by atoms with van der Waals surface area (Å²) in [5, 5.41) is 0. The Kier molecular flexibility index (Phi) is 4.63. The molecule has 2 amide bonds. The third-order valence-electron chi connectivity index (χ3n) is 8.02. The second-order valence-corrected chi connectivity index (χ2v) is 9.96. The van der Waals surface area contributed by atoms with Gasteiger partial charge in [0, 0.05) is 5.56 Å². The fourth-order valence-electron chi connectivity index (χ4n) is 6.27. The van der Waals surface area contributed by atoms with Gasteiger partial charge >= 0.3 is 5.97 Å². The fraction of sp³-hybridized carbons (Fsp3) is 0.357. The van der Waals surface area contributed by atoms with Gasteiger partial charge in [-0.3, -0.25) is 14.4 Å². The maximum Gasteiger partial charge on any atom is 0.340 e. The van der Waals surface area contributed by atoms with Crippen LogP contribution in [0.5, 0.6) is 0 Å². The van der Waals surface area contributed by atoms with Crippen molar-refractivity contribution in [3.63, 3.8) is 0 Å². The molecule has 4 aliphatic carbocycles. The van der Waals surface area contributed by atoms with Crippen LogP contribution in [0.25, 0.3) is 0 Å². The van der Waals surface area contributed by atoms with Crippen molar-refractivity contribution in [1.82, 2.24) is 0 Å². The van der Waals surface area contributed by atoms with Crippen molar-refractivity contribution in [2.75, 3.05) is 4.90 Å². The molecule has 2 saturated carbocycles. The summed E-state index contributed by atoms with van der Waals surface area (Å²) in [5.41, 5.74) is 1.82. The van der Waals surface area contributed by atoms with E-state index in [1.54, 1.807) is 30.3 Å². The molecule has 172 valence electrons. The number of amides is 2. The Bertz CT molecular complexity index is 1230. The molecule has 2 aromatic carbocycles. The molecule has 1 saturated heterocycles. The number of hydrogen-bond donors (Lipinski definition) is 0. The van der Waals surface area contributed by atoms with Gasteiger partial charge in [0.2, 0.25) is 17.6 Å². The summed E-state index contributed by atoms with van der Waals surface area (Å²) in [6.45, 7) is 3.45. The van der Waals surface area contributed by atoms with Crippen molar-refractivity contribution < 1.29 is 23.9 Å². The summed E-state index contributed by atoms with van der Waals surface area (Å²) in [4.78, 5) is 54.0. The van der Waals surface area contributed by atoms with E-state index in [1.807, 2.05) is 19.1 Å². The summed E-state index contributed by atoms with van der Waals surface area (Å²) >= 11 is 0. The normalized spacial score (nSPS) is 31.2. The number of ether oxygens (including phenoxy) is 1. The lowest BCUT2D eigenvalue weighted by molar-refractivity contribution is -0.124. The van der Waals surface area contributed by atoms with Crippen LogP contribution in [0.4, 0.5) is 5.69 Å². The summed E-state index contributed by atoms with van der Waals surface area (Å²) < 4.78 is 5.50. The van der Waals surface area contributed by atoms with Gasteiger partial charge in [0.15, 0.2) is 6.10 Å². The standard InChI is InChI=1S/C28H25NO5/c1-14-7-9-16(10-8-14)25(30)15(2)34-28(33)19-5-3-4-6-22(19)29-26(31)23-17-11-12-18(21-13-20(17)21)24(23)27(29)32/h3-12,15,17-18,20-21,23-24H,13H2,1-2H3/t15-,17-,18-,20-,21-,23-,24+/m1/s1. The highest BCUT2D eigenvalue weighted by atomic mass is 16.5. The van der Waals surface area contributed by atoms with E-state index in [4.69, 9.17) is 4.74 Å². The largest absolute Gasteiger partial charge is 0.451 e. The number of benzene rings is 2. The molecule has 0 unspecified atom stereocenters. The van der Waals surface area contributed by atoms with Crippen molar-refractivity contribution in [3.8, 4) is 0 Å². The number of nitrogens with zero attached hydrogens (tertiary/aromatic N) is 1. The first-order valence-electron chi connectivity index (χ1n) is 11.8. The van der Waals surface area contributed by atoms with Gasteiger partial charge in [-0.05, 0) is 56.1 Å². The molecule has 7 rings (SSSR count). The summed E-state index contributed by atoms with van der Waals surface area (Å²) in [6, 6.07) is 13.5. The number of rotatable bonds is 5. The van der Waals surface area contributed by atoms with Gasteiger partial charge in [-0.1, -0.05) is 54.1 Å². The Hall–Kier alpha value is -3.54. The molecule has 0 aromatic heterocycles. The molecule has 6 nitrogen and oxygen atoms in total. The second kappa shape index (κ2) is 7.49. The van der Waals surface area contributed by atoms with Gasteiger partial charge in [0.25, 0.3) is 0 Å². The van der Waals surface area contributed by atoms with Crippen LogP contribution in [0, 0.1) is 42.4 Å². The number of ketones is 1. The summed E-state index contributed by atoms with van der Waals surface area (Å²) in [7, 11) is 0. The quantitative estimate of drug-likeness (QED) is 0.295. The van der Waals surface area contributed by atoms with Gasteiger partial charge in [-0.25, -0.2) is 9.69 Å². The average Bonchev–Trinajstić information content (AvgIpc) is 3.62. The minimum absolute atomic E-state index is 0.104. The first kappa shape index (κ1) is 21.0. The maximum atomic E-state index is 13.5. The van der Waals surface area contributed by atoms with E-state index in [0.29, 0.717) is 17.4 Å². The molecule has 5 aliphatic rings. The van der Waals surface area contributed by atoms with Crippen LogP contribution < -0.4 is 4.90 Å². The smallest absolute Gasteiger partial charge is 0.340 e. The predicted octanol–water partition coefficient (Wildman–Crippen LogP) is 3.98. The van der Waals surface area contributed by atoms with Gasteiger partial charge in [-0.15, -0.1) is 0 Å².